The van der Waals surface area contributed by atoms with Crippen molar-refractivity contribution in [2.45, 2.75) is 13.0 Å². The number of fused-ring (bicyclic) bond motifs is 1. The number of benzene rings is 2. The topological polar surface area (TPSA) is 65.2 Å². The van der Waals surface area contributed by atoms with Gasteiger partial charge in [0.15, 0.2) is 11.6 Å². The Kier molecular flexibility index (Phi) is 4.89. The van der Waals surface area contributed by atoms with Crippen molar-refractivity contribution in [3.63, 3.8) is 0 Å². The van der Waals surface area contributed by atoms with E-state index in [0.717, 1.165) is 6.07 Å². The first kappa shape index (κ1) is 18.5. The van der Waals surface area contributed by atoms with Crippen LogP contribution in [-0.2, 0) is 0 Å². The highest BCUT2D eigenvalue weighted by molar-refractivity contribution is 5.91. The Morgan fingerprint density at radius 3 is 2.52 bits per heavy atom. The van der Waals surface area contributed by atoms with Crippen LogP contribution in [0.5, 0.6) is 0 Å². The maximum Gasteiger partial charge on any atom is 0.322 e. The largest absolute Gasteiger partial charge is 0.328 e. The lowest BCUT2D eigenvalue weighted by atomic mass is 10.0. The van der Waals surface area contributed by atoms with Gasteiger partial charge in [0.25, 0.3) is 5.56 Å². The molecule has 1 aromatic heterocycles. The Balaban J connectivity index is 1.96. The zero-order chi connectivity index (χ0) is 19.7. The fraction of sp³-hybridized carbons (Fsp3) is 0.158. The highest BCUT2D eigenvalue weighted by Crippen LogP contribution is 2.28. The minimum Gasteiger partial charge on any atom is -0.328 e. The summed E-state index contributed by atoms with van der Waals surface area (Å²) in [6.07, 6.45) is 1.35. The van der Waals surface area contributed by atoms with Gasteiger partial charge in [-0.2, -0.15) is 0 Å². The molecule has 0 fully saturated rings. The number of rotatable bonds is 3. The molecule has 27 heavy (non-hydrogen) atoms. The lowest BCUT2D eigenvalue weighted by Crippen LogP contribution is -2.34. The van der Waals surface area contributed by atoms with Crippen LogP contribution in [0.1, 0.15) is 18.5 Å². The number of nitrogens with zero attached hydrogens (tertiary/aromatic N) is 1. The zero-order valence-electron chi connectivity index (χ0n) is 14.5. The van der Waals surface area contributed by atoms with Crippen molar-refractivity contribution in [3.05, 3.63) is 76.0 Å². The number of urea groups is 1. The van der Waals surface area contributed by atoms with E-state index < -0.39 is 40.5 Å². The number of halogens is 3. The molecule has 2 N–H and O–H groups in total. The highest BCUT2D eigenvalue weighted by atomic mass is 19.2. The van der Waals surface area contributed by atoms with Gasteiger partial charge >= 0.3 is 6.03 Å². The van der Waals surface area contributed by atoms with E-state index in [9.17, 15) is 22.8 Å². The van der Waals surface area contributed by atoms with Crippen LogP contribution >= 0.6 is 0 Å². The normalized spacial score (nSPS) is 12.0. The molecule has 1 atom stereocenters. The van der Waals surface area contributed by atoms with Crippen LogP contribution in [0, 0.1) is 17.5 Å². The quantitative estimate of drug-likeness (QED) is 0.722. The van der Waals surface area contributed by atoms with Crippen LogP contribution in [0.3, 0.4) is 0 Å². The van der Waals surface area contributed by atoms with Gasteiger partial charge in [0, 0.05) is 13.2 Å². The van der Waals surface area contributed by atoms with Gasteiger partial charge in [-0.15, -0.1) is 0 Å². The van der Waals surface area contributed by atoms with E-state index in [2.05, 4.69) is 10.3 Å². The Morgan fingerprint density at radius 1 is 1.11 bits per heavy atom. The third-order valence-electron chi connectivity index (χ3n) is 4.46. The first-order valence-corrected chi connectivity index (χ1v) is 8.09. The molecular formula is C19H16F3N3O2. The number of H-pyrrole nitrogens is 1. The second-order valence-corrected chi connectivity index (χ2v) is 6.05. The number of pyridine rings is 1. The molecule has 1 heterocycles. The van der Waals surface area contributed by atoms with Crippen molar-refractivity contribution in [1.29, 1.82) is 0 Å². The van der Waals surface area contributed by atoms with Gasteiger partial charge in [0.05, 0.1) is 17.1 Å². The van der Waals surface area contributed by atoms with Crippen molar-refractivity contribution in [2.24, 2.45) is 0 Å². The summed E-state index contributed by atoms with van der Waals surface area (Å²) in [5.74, 6) is -2.97. The second kappa shape index (κ2) is 7.14. The monoisotopic (exact) mass is 375 g/mol. The van der Waals surface area contributed by atoms with E-state index in [1.54, 1.807) is 13.0 Å². The summed E-state index contributed by atoms with van der Waals surface area (Å²) in [4.78, 5) is 28.0. The van der Waals surface area contributed by atoms with Crippen LogP contribution in [0.4, 0.5) is 23.7 Å². The Morgan fingerprint density at radius 2 is 1.81 bits per heavy atom. The van der Waals surface area contributed by atoms with Crippen molar-refractivity contribution >= 4 is 22.5 Å². The Hall–Kier alpha value is -3.29. The van der Waals surface area contributed by atoms with Crippen LogP contribution < -0.4 is 10.9 Å². The predicted octanol–water partition coefficient (Wildman–Crippen LogP) is 4.17. The molecule has 2 amide bonds. The molecule has 0 aliphatic carbocycles. The molecule has 3 aromatic rings. The molecule has 8 heteroatoms. The average Bonchev–Trinajstić information content (AvgIpc) is 2.65. The first-order chi connectivity index (χ1) is 12.8. The van der Waals surface area contributed by atoms with Crippen molar-refractivity contribution in [3.8, 4) is 0 Å². The maximum absolute atomic E-state index is 14.1. The molecule has 2 aromatic carbocycles. The summed E-state index contributed by atoms with van der Waals surface area (Å²) in [6.45, 7) is 1.65. The molecule has 0 aliphatic heterocycles. The molecule has 3 rings (SSSR count). The maximum atomic E-state index is 14.1. The molecule has 5 nitrogen and oxygen atoms in total. The minimum atomic E-state index is -1.25. The van der Waals surface area contributed by atoms with E-state index in [-0.39, 0.29) is 11.1 Å². The third kappa shape index (κ3) is 3.38. The number of hydrogen-bond acceptors (Lipinski definition) is 2. The Bertz CT molecular complexity index is 1080. The lowest BCUT2D eigenvalue weighted by molar-refractivity contribution is 0.208. The molecule has 140 valence electrons. The van der Waals surface area contributed by atoms with Crippen LogP contribution in [0.25, 0.3) is 10.8 Å². The molecule has 0 saturated heterocycles. The van der Waals surface area contributed by atoms with Gasteiger partial charge in [-0.25, -0.2) is 18.0 Å². The van der Waals surface area contributed by atoms with Crippen molar-refractivity contribution in [1.82, 2.24) is 9.88 Å². The SMILES string of the molecule is C[C@@H](c1c[nH]c(=O)c2c(F)c(F)ccc12)N(C)C(=O)Nc1ccccc1F. The van der Waals surface area contributed by atoms with Gasteiger partial charge < -0.3 is 15.2 Å². The fourth-order valence-corrected chi connectivity index (χ4v) is 2.80. The van der Waals surface area contributed by atoms with Crippen molar-refractivity contribution in [2.75, 3.05) is 12.4 Å². The molecule has 0 unspecified atom stereocenters. The van der Waals surface area contributed by atoms with Gasteiger partial charge in [-0.1, -0.05) is 18.2 Å². The average molecular weight is 375 g/mol. The zero-order valence-corrected chi connectivity index (χ0v) is 14.5. The highest BCUT2D eigenvalue weighted by Gasteiger charge is 2.22. The van der Waals surface area contributed by atoms with E-state index in [1.165, 1.54) is 42.4 Å². The second-order valence-electron chi connectivity index (χ2n) is 6.05. The van der Waals surface area contributed by atoms with Crippen LogP contribution in [0.2, 0.25) is 0 Å². The molecular weight excluding hydrogens is 359 g/mol. The number of nitrogens with one attached hydrogen (secondary N) is 2. The van der Waals surface area contributed by atoms with Gasteiger partial charge in [0.1, 0.15) is 5.82 Å². The van der Waals surface area contributed by atoms with E-state index in [0.29, 0.717) is 5.56 Å². The fourth-order valence-electron chi connectivity index (χ4n) is 2.80. The summed E-state index contributed by atoms with van der Waals surface area (Å²) in [7, 11) is 1.47. The summed E-state index contributed by atoms with van der Waals surface area (Å²) in [5, 5.41) is 2.22. The predicted molar refractivity (Wildman–Crippen MR) is 96.1 cm³/mol. The minimum absolute atomic E-state index is 0.0148. The third-order valence-corrected chi connectivity index (χ3v) is 4.46. The number of aromatic nitrogens is 1. The van der Waals surface area contributed by atoms with Crippen LogP contribution in [-0.4, -0.2) is 23.0 Å². The molecule has 0 aliphatic rings. The molecule has 0 bridgehead atoms. The first-order valence-electron chi connectivity index (χ1n) is 8.09. The number of para-hydroxylation sites is 1. The summed E-state index contributed by atoms with van der Waals surface area (Å²) < 4.78 is 41.3. The van der Waals surface area contributed by atoms with E-state index in [4.69, 9.17) is 0 Å². The molecule has 0 spiro atoms. The van der Waals surface area contributed by atoms with Gasteiger partial charge in [-0.05, 0) is 36.1 Å². The van der Waals surface area contributed by atoms with Gasteiger partial charge in [-0.3, -0.25) is 4.79 Å². The number of carbonyl (C=O) groups is 1. The van der Waals surface area contributed by atoms with Crippen molar-refractivity contribution < 1.29 is 18.0 Å². The Labute approximate surface area is 152 Å². The summed E-state index contributed by atoms with van der Waals surface area (Å²) in [6, 6.07) is 6.69. The summed E-state index contributed by atoms with van der Waals surface area (Å²) >= 11 is 0. The smallest absolute Gasteiger partial charge is 0.322 e. The number of amides is 2. The van der Waals surface area contributed by atoms with Gasteiger partial charge in [0.2, 0.25) is 0 Å². The van der Waals surface area contributed by atoms with Crippen LogP contribution in [0.15, 0.2) is 47.4 Å². The lowest BCUT2D eigenvalue weighted by Gasteiger charge is -2.26. The number of hydrogen-bond donors (Lipinski definition) is 2. The number of carbonyl (C=O) groups excluding carboxylic acids is 1. The number of aromatic amines is 1. The van der Waals surface area contributed by atoms with E-state index in [1.807, 2.05) is 0 Å². The molecule has 0 saturated carbocycles. The van der Waals surface area contributed by atoms with E-state index >= 15 is 0 Å². The standard InChI is InChI=1S/C19H16F3N3O2/c1-10(25(2)19(27)24-15-6-4-3-5-13(15)20)12-9-23-18(26)16-11(12)7-8-14(21)17(16)22/h3-10H,1-2H3,(H,23,26)(H,24,27)/t10-/m0/s1. The number of anilines is 1. The molecule has 0 radical (unpaired) electrons. The summed E-state index contributed by atoms with van der Waals surface area (Å²) in [5.41, 5.74) is -0.341.